The first-order valence-corrected chi connectivity index (χ1v) is 7.63. The Balaban J connectivity index is 1.43. The highest BCUT2D eigenvalue weighted by molar-refractivity contribution is 5.24. The fourth-order valence-corrected chi connectivity index (χ4v) is 2.87. The molecule has 1 aliphatic heterocycles. The van der Waals surface area contributed by atoms with Gasteiger partial charge in [0.2, 0.25) is 0 Å². The van der Waals surface area contributed by atoms with E-state index < -0.39 is 0 Å². The van der Waals surface area contributed by atoms with Crippen molar-refractivity contribution in [1.29, 1.82) is 0 Å². The molecule has 3 nitrogen and oxygen atoms in total. The lowest BCUT2D eigenvalue weighted by Gasteiger charge is -2.30. The van der Waals surface area contributed by atoms with E-state index in [9.17, 15) is 0 Å². The molecule has 3 heteroatoms. The zero-order chi connectivity index (χ0) is 14.3. The van der Waals surface area contributed by atoms with Crippen LogP contribution in [0.1, 0.15) is 24.1 Å². The minimum absolute atomic E-state index is 0.823. The van der Waals surface area contributed by atoms with Gasteiger partial charge in [-0.05, 0) is 49.8 Å². The summed E-state index contributed by atoms with van der Waals surface area (Å²) in [7, 11) is 0. The Morgan fingerprint density at radius 1 is 1.19 bits per heavy atom. The summed E-state index contributed by atoms with van der Waals surface area (Å²) in [6.45, 7) is 3.18. The van der Waals surface area contributed by atoms with Gasteiger partial charge in [0, 0.05) is 0 Å². The van der Waals surface area contributed by atoms with Crippen LogP contribution in [0.5, 0.6) is 0 Å². The molecule has 0 saturated carbocycles. The lowest BCUT2D eigenvalue weighted by atomic mass is 9.90. The molecule has 0 atom stereocenters. The van der Waals surface area contributed by atoms with Crippen LogP contribution in [0, 0.1) is 17.8 Å². The summed E-state index contributed by atoms with van der Waals surface area (Å²) < 4.78 is 0. The Morgan fingerprint density at radius 3 is 2.71 bits per heavy atom. The summed E-state index contributed by atoms with van der Waals surface area (Å²) in [6, 6.07) is 10.8. The summed E-state index contributed by atoms with van der Waals surface area (Å²) in [4.78, 5) is 9.42. The molecule has 0 spiro atoms. The first-order chi connectivity index (χ1) is 10.4. The number of imidazole rings is 1. The Labute approximate surface area is 126 Å². The smallest absolute Gasteiger partial charge is 0.109 e. The molecule has 1 N–H and O–H groups in total. The lowest BCUT2D eigenvalue weighted by molar-refractivity contribution is 0.203. The molecule has 1 aliphatic rings. The third-order valence-corrected chi connectivity index (χ3v) is 4.10. The SMILES string of the molecule is C(#Cc1cnc[nH]1)CN1CCC(Cc2ccccc2)CC1. The van der Waals surface area contributed by atoms with Gasteiger partial charge >= 0.3 is 0 Å². The lowest BCUT2D eigenvalue weighted by Crippen LogP contribution is -2.34. The second kappa shape index (κ2) is 7.10. The Kier molecular flexibility index (Phi) is 4.70. The van der Waals surface area contributed by atoms with Gasteiger partial charge in [-0.2, -0.15) is 0 Å². The largest absolute Gasteiger partial charge is 0.338 e. The number of hydrogen-bond donors (Lipinski definition) is 1. The maximum Gasteiger partial charge on any atom is 0.109 e. The molecule has 1 fully saturated rings. The molecular formula is C18H21N3. The van der Waals surface area contributed by atoms with E-state index in [1.54, 1.807) is 12.5 Å². The van der Waals surface area contributed by atoms with Crippen LogP contribution in [0.3, 0.4) is 0 Å². The van der Waals surface area contributed by atoms with Crippen LogP contribution in [0.15, 0.2) is 42.9 Å². The molecule has 3 rings (SSSR count). The van der Waals surface area contributed by atoms with Crippen molar-refractivity contribution in [1.82, 2.24) is 14.9 Å². The van der Waals surface area contributed by atoms with Gasteiger partial charge in [-0.3, -0.25) is 4.90 Å². The number of aromatic nitrogens is 2. The van der Waals surface area contributed by atoms with Gasteiger partial charge in [0.1, 0.15) is 5.69 Å². The summed E-state index contributed by atoms with van der Waals surface area (Å²) in [6.07, 6.45) is 7.20. The molecular weight excluding hydrogens is 258 g/mol. The van der Waals surface area contributed by atoms with Crippen molar-refractivity contribution in [2.45, 2.75) is 19.3 Å². The second-order valence-corrected chi connectivity index (χ2v) is 5.68. The van der Waals surface area contributed by atoms with Crippen LogP contribution >= 0.6 is 0 Å². The predicted molar refractivity (Wildman–Crippen MR) is 84.8 cm³/mol. The fourth-order valence-electron chi connectivity index (χ4n) is 2.87. The number of H-pyrrole nitrogens is 1. The maximum absolute atomic E-state index is 3.97. The third-order valence-electron chi connectivity index (χ3n) is 4.10. The Morgan fingerprint density at radius 2 is 2.00 bits per heavy atom. The average Bonchev–Trinajstić information content (AvgIpc) is 3.03. The molecule has 0 amide bonds. The number of likely N-dealkylation sites (tertiary alicyclic amines) is 1. The normalized spacial score (nSPS) is 16.4. The van der Waals surface area contributed by atoms with E-state index in [0.29, 0.717) is 0 Å². The Bertz CT molecular complexity index is 584. The van der Waals surface area contributed by atoms with Crippen molar-refractivity contribution in [3.05, 3.63) is 54.1 Å². The summed E-state index contributed by atoms with van der Waals surface area (Å²) in [5, 5.41) is 0. The molecule has 0 aliphatic carbocycles. The zero-order valence-electron chi connectivity index (χ0n) is 12.3. The molecule has 108 valence electrons. The fraction of sp³-hybridized carbons (Fsp3) is 0.389. The molecule has 21 heavy (non-hydrogen) atoms. The van der Waals surface area contributed by atoms with Crippen molar-refractivity contribution in [2.24, 2.45) is 5.92 Å². The number of aromatic amines is 1. The minimum atomic E-state index is 0.823. The van der Waals surface area contributed by atoms with Crippen LogP contribution in [-0.4, -0.2) is 34.5 Å². The third kappa shape index (κ3) is 4.21. The van der Waals surface area contributed by atoms with E-state index in [1.165, 1.54) is 24.8 Å². The molecule has 1 saturated heterocycles. The van der Waals surface area contributed by atoms with Crippen molar-refractivity contribution >= 4 is 0 Å². The highest BCUT2D eigenvalue weighted by Gasteiger charge is 2.18. The number of hydrogen-bond acceptors (Lipinski definition) is 2. The van der Waals surface area contributed by atoms with E-state index in [0.717, 1.165) is 31.2 Å². The van der Waals surface area contributed by atoms with Gasteiger partial charge in [0.05, 0.1) is 19.1 Å². The standard InChI is InChI=1S/C18H21N3/c1-2-5-16(6-3-1)13-17-8-11-21(12-9-17)10-4-7-18-14-19-15-20-18/h1-3,5-6,14-15,17H,8-13H2,(H,19,20). The van der Waals surface area contributed by atoms with Crippen LogP contribution in [0.2, 0.25) is 0 Å². The van der Waals surface area contributed by atoms with Crippen molar-refractivity contribution in [2.75, 3.05) is 19.6 Å². The van der Waals surface area contributed by atoms with E-state index in [4.69, 9.17) is 0 Å². The van der Waals surface area contributed by atoms with E-state index in [1.807, 2.05) is 0 Å². The van der Waals surface area contributed by atoms with E-state index in [2.05, 4.69) is 57.0 Å². The predicted octanol–water partition coefficient (Wildman–Crippen LogP) is 2.72. The van der Waals surface area contributed by atoms with Gasteiger partial charge in [-0.25, -0.2) is 4.98 Å². The molecule has 0 radical (unpaired) electrons. The van der Waals surface area contributed by atoms with Crippen LogP contribution in [0.4, 0.5) is 0 Å². The van der Waals surface area contributed by atoms with Gasteiger partial charge in [-0.1, -0.05) is 36.3 Å². The highest BCUT2D eigenvalue weighted by atomic mass is 15.1. The molecule has 0 bridgehead atoms. The molecule has 0 unspecified atom stereocenters. The number of nitrogens with zero attached hydrogens (tertiary/aromatic N) is 2. The van der Waals surface area contributed by atoms with Crippen molar-refractivity contribution < 1.29 is 0 Å². The quantitative estimate of drug-likeness (QED) is 0.876. The number of rotatable bonds is 3. The Hall–Kier alpha value is -2.05. The summed E-state index contributed by atoms with van der Waals surface area (Å²) in [5.74, 6) is 7.16. The first-order valence-electron chi connectivity index (χ1n) is 7.63. The van der Waals surface area contributed by atoms with E-state index in [-0.39, 0.29) is 0 Å². The first kappa shape index (κ1) is 13.9. The highest BCUT2D eigenvalue weighted by Crippen LogP contribution is 2.21. The number of piperidine rings is 1. The van der Waals surface area contributed by atoms with Crippen LogP contribution in [0.25, 0.3) is 0 Å². The minimum Gasteiger partial charge on any atom is -0.338 e. The van der Waals surface area contributed by atoms with Crippen LogP contribution < -0.4 is 0 Å². The summed E-state index contributed by atoms with van der Waals surface area (Å²) >= 11 is 0. The van der Waals surface area contributed by atoms with Crippen molar-refractivity contribution in [3.63, 3.8) is 0 Å². The van der Waals surface area contributed by atoms with Gasteiger partial charge < -0.3 is 4.98 Å². The molecule has 2 heterocycles. The van der Waals surface area contributed by atoms with Gasteiger partial charge in [-0.15, -0.1) is 0 Å². The maximum atomic E-state index is 3.97. The van der Waals surface area contributed by atoms with E-state index >= 15 is 0 Å². The molecule has 2 aromatic rings. The topological polar surface area (TPSA) is 31.9 Å². The molecule has 1 aromatic carbocycles. The monoisotopic (exact) mass is 279 g/mol. The average molecular weight is 279 g/mol. The molecule has 1 aromatic heterocycles. The van der Waals surface area contributed by atoms with Gasteiger partial charge in [0.15, 0.2) is 0 Å². The second-order valence-electron chi connectivity index (χ2n) is 5.68. The number of nitrogens with one attached hydrogen (secondary N) is 1. The van der Waals surface area contributed by atoms with Crippen molar-refractivity contribution in [3.8, 4) is 11.8 Å². The number of benzene rings is 1. The van der Waals surface area contributed by atoms with Crippen LogP contribution in [-0.2, 0) is 6.42 Å². The summed E-state index contributed by atoms with van der Waals surface area (Å²) in [5.41, 5.74) is 2.36. The zero-order valence-corrected chi connectivity index (χ0v) is 12.3. The van der Waals surface area contributed by atoms with Gasteiger partial charge in [0.25, 0.3) is 0 Å².